The van der Waals surface area contributed by atoms with Gasteiger partial charge in [-0.05, 0) is 25.5 Å². The molecule has 2 aromatic rings. The van der Waals surface area contributed by atoms with Crippen molar-refractivity contribution in [2.45, 2.75) is 38.6 Å². The van der Waals surface area contributed by atoms with Gasteiger partial charge in [0.2, 0.25) is 0 Å². The molecule has 2 rings (SSSR count). The molecule has 1 atom stereocenters. The predicted molar refractivity (Wildman–Crippen MR) is 72.5 cm³/mol. The Morgan fingerprint density at radius 2 is 2.12 bits per heavy atom. The van der Waals surface area contributed by atoms with E-state index in [0.717, 1.165) is 23.2 Å². The maximum atomic E-state index is 6.11. The van der Waals surface area contributed by atoms with Crippen LogP contribution in [0.2, 0.25) is 5.02 Å². The van der Waals surface area contributed by atoms with Crippen LogP contribution in [-0.4, -0.2) is 6.04 Å². The van der Waals surface area contributed by atoms with Gasteiger partial charge in [0.15, 0.2) is 5.58 Å². The average Bonchev–Trinajstić information content (AvgIpc) is 2.61. The molecule has 3 heteroatoms. The van der Waals surface area contributed by atoms with E-state index in [1.165, 1.54) is 0 Å². The first kappa shape index (κ1) is 12.5. The SMILES string of the molecule is CC(N)CC(C)(C)c1cc2cccc(Cl)c2o1. The lowest BCUT2D eigenvalue weighted by Gasteiger charge is -2.23. The van der Waals surface area contributed by atoms with Gasteiger partial charge in [0.1, 0.15) is 5.76 Å². The van der Waals surface area contributed by atoms with E-state index in [1.54, 1.807) is 0 Å². The third-order valence-corrected chi connectivity index (χ3v) is 3.29. The summed E-state index contributed by atoms with van der Waals surface area (Å²) in [5, 5.41) is 1.70. The highest BCUT2D eigenvalue weighted by molar-refractivity contribution is 6.34. The lowest BCUT2D eigenvalue weighted by Crippen LogP contribution is -2.27. The Bertz CT molecular complexity index is 528. The summed E-state index contributed by atoms with van der Waals surface area (Å²) < 4.78 is 5.88. The van der Waals surface area contributed by atoms with E-state index < -0.39 is 0 Å². The van der Waals surface area contributed by atoms with E-state index in [2.05, 4.69) is 19.9 Å². The number of fused-ring (bicyclic) bond motifs is 1. The molecule has 92 valence electrons. The van der Waals surface area contributed by atoms with Crippen molar-refractivity contribution in [2.75, 3.05) is 0 Å². The summed E-state index contributed by atoms with van der Waals surface area (Å²) in [4.78, 5) is 0. The number of hydrogen-bond donors (Lipinski definition) is 1. The van der Waals surface area contributed by atoms with Gasteiger partial charge in [-0.2, -0.15) is 0 Å². The zero-order valence-electron chi connectivity index (χ0n) is 10.5. The second-order valence-electron chi connectivity index (χ2n) is 5.33. The van der Waals surface area contributed by atoms with Crippen LogP contribution in [0.15, 0.2) is 28.7 Å². The largest absolute Gasteiger partial charge is 0.459 e. The highest BCUT2D eigenvalue weighted by Gasteiger charge is 2.26. The number of rotatable bonds is 3. The zero-order valence-corrected chi connectivity index (χ0v) is 11.2. The van der Waals surface area contributed by atoms with Crippen molar-refractivity contribution in [2.24, 2.45) is 5.73 Å². The van der Waals surface area contributed by atoms with Crippen molar-refractivity contribution in [3.8, 4) is 0 Å². The first-order valence-electron chi connectivity index (χ1n) is 5.84. The van der Waals surface area contributed by atoms with Gasteiger partial charge in [0.05, 0.1) is 5.02 Å². The molecule has 1 aromatic heterocycles. The van der Waals surface area contributed by atoms with Crippen LogP contribution in [-0.2, 0) is 5.41 Å². The number of para-hydroxylation sites is 1. The normalized spacial score (nSPS) is 14.2. The standard InChI is InChI=1S/C14H18ClNO/c1-9(16)8-14(2,3)12-7-10-5-4-6-11(15)13(10)17-12/h4-7,9H,8,16H2,1-3H3. The monoisotopic (exact) mass is 251 g/mol. The molecule has 0 aliphatic heterocycles. The van der Waals surface area contributed by atoms with Crippen LogP contribution >= 0.6 is 11.6 Å². The van der Waals surface area contributed by atoms with Gasteiger partial charge in [-0.3, -0.25) is 0 Å². The van der Waals surface area contributed by atoms with Crippen LogP contribution in [0, 0.1) is 0 Å². The van der Waals surface area contributed by atoms with Crippen molar-refractivity contribution in [1.29, 1.82) is 0 Å². The number of furan rings is 1. The number of benzene rings is 1. The van der Waals surface area contributed by atoms with Gasteiger partial charge in [-0.15, -0.1) is 0 Å². The quantitative estimate of drug-likeness (QED) is 0.892. The summed E-state index contributed by atoms with van der Waals surface area (Å²) in [6, 6.07) is 7.99. The molecule has 0 aliphatic carbocycles. The number of nitrogens with two attached hydrogens (primary N) is 1. The van der Waals surface area contributed by atoms with E-state index in [-0.39, 0.29) is 11.5 Å². The first-order chi connectivity index (χ1) is 7.90. The topological polar surface area (TPSA) is 39.2 Å². The third-order valence-electron chi connectivity index (χ3n) is 3.00. The van der Waals surface area contributed by atoms with E-state index in [0.29, 0.717) is 5.02 Å². The van der Waals surface area contributed by atoms with Gasteiger partial charge in [0.25, 0.3) is 0 Å². The minimum absolute atomic E-state index is 0.0729. The molecule has 0 amide bonds. The summed E-state index contributed by atoms with van der Waals surface area (Å²) in [6.45, 7) is 6.29. The summed E-state index contributed by atoms with van der Waals surface area (Å²) in [5.41, 5.74) is 6.57. The van der Waals surface area contributed by atoms with Gasteiger partial charge >= 0.3 is 0 Å². The highest BCUT2D eigenvalue weighted by Crippen LogP contribution is 2.35. The highest BCUT2D eigenvalue weighted by atomic mass is 35.5. The molecule has 0 aliphatic rings. The molecule has 0 saturated carbocycles. The molecule has 1 heterocycles. The van der Waals surface area contributed by atoms with Crippen LogP contribution in [0.25, 0.3) is 11.0 Å². The third kappa shape index (κ3) is 2.48. The van der Waals surface area contributed by atoms with E-state index >= 15 is 0 Å². The molecule has 1 unspecified atom stereocenters. The Hall–Kier alpha value is -0.990. The van der Waals surface area contributed by atoms with E-state index in [4.69, 9.17) is 21.8 Å². The predicted octanol–water partition coefficient (Wildman–Crippen LogP) is 4.10. The van der Waals surface area contributed by atoms with Gasteiger partial charge in [-0.1, -0.05) is 37.6 Å². The van der Waals surface area contributed by atoms with Crippen LogP contribution in [0.3, 0.4) is 0 Å². The Kier molecular flexibility index (Phi) is 3.19. The van der Waals surface area contributed by atoms with Gasteiger partial charge < -0.3 is 10.2 Å². The Morgan fingerprint density at radius 3 is 2.71 bits per heavy atom. The fraction of sp³-hybridized carbons (Fsp3) is 0.429. The molecule has 2 N–H and O–H groups in total. The average molecular weight is 252 g/mol. The summed E-state index contributed by atoms with van der Waals surface area (Å²) >= 11 is 6.11. The molecule has 17 heavy (non-hydrogen) atoms. The summed E-state index contributed by atoms with van der Waals surface area (Å²) in [7, 11) is 0. The summed E-state index contributed by atoms with van der Waals surface area (Å²) in [5.74, 6) is 0.943. The Balaban J connectivity index is 2.46. The van der Waals surface area contributed by atoms with Gasteiger partial charge in [0, 0.05) is 16.8 Å². The lowest BCUT2D eigenvalue weighted by molar-refractivity contribution is 0.358. The number of halogens is 1. The summed E-state index contributed by atoms with van der Waals surface area (Å²) in [6.07, 6.45) is 0.879. The maximum absolute atomic E-state index is 6.11. The van der Waals surface area contributed by atoms with Crippen LogP contribution < -0.4 is 5.73 Å². The molecule has 2 nitrogen and oxygen atoms in total. The molecule has 0 fully saturated rings. The molecule has 0 radical (unpaired) electrons. The Labute approximate surface area is 107 Å². The molecule has 1 aromatic carbocycles. The molecular formula is C14H18ClNO. The second kappa shape index (κ2) is 4.35. The minimum atomic E-state index is -0.0729. The van der Waals surface area contributed by atoms with Crippen LogP contribution in [0.4, 0.5) is 0 Å². The molecule has 0 spiro atoms. The van der Waals surface area contributed by atoms with E-state index in [9.17, 15) is 0 Å². The molecule has 0 saturated heterocycles. The second-order valence-corrected chi connectivity index (χ2v) is 5.74. The van der Waals surface area contributed by atoms with Crippen molar-refractivity contribution in [3.05, 3.63) is 35.0 Å². The minimum Gasteiger partial charge on any atom is -0.459 e. The number of hydrogen-bond acceptors (Lipinski definition) is 2. The fourth-order valence-corrected chi connectivity index (χ4v) is 2.49. The Morgan fingerprint density at radius 1 is 1.41 bits per heavy atom. The smallest absolute Gasteiger partial charge is 0.152 e. The fourth-order valence-electron chi connectivity index (χ4n) is 2.27. The molecule has 0 bridgehead atoms. The zero-order chi connectivity index (χ0) is 12.6. The molecular weight excluding hydrogens is 234 g/mol. The van der Waals surface area contributed by atoms with Crippen molar-refractivity contribution in [1.82, 2.24) is 0 Å². The van der Waals surface area contributed by atoms with Crippen molar-refractivity contribution in [3.63, 3.8) is 0 Å². The lowest BCUT2D eigenvalue weighted by atomic mass is 9.84. The van der Waals surface area contributed by atoms with Crippen molar-refractivity contribution < 1.29 is 4.42 Å². The van der Waals surface area contributed by atoms with Crippen LogP contribution in [0.5, 0.6) is 0 Å². The first-order valence-corrected chi connectivity index (χ1v) is 6.22. The van der Waals surface area contributed by atoms with Crippen molar-refractivity contribution >= 4 is 22.6 Å². The van der Waals surface area contributed by atoms with E-state index in [1.807, 2.05) is 25.1 Å². The maximum Gasteiger partial charge on any atom is 0.152 e. The van der Waals surface area contributed by atoms with Gasteiger partial charge in [-0.25, -0.2) is 0 Å². The van der Waals surface area contributed by atoms with Crippen LogP contribution in [0.1, 0.15) is 33.0 Å².